The van der Waals surface area contributed by atoms with Crippen LogP contribution in [0.1, 0.15) is 27.7 Å². The Morgan fingerprint density at radius 3 is 2.07 bits per heavy atom. The summed E-state index contributed by atoms with van der Waals surface area (Å²) in [5.74, 6) is 0. The minimum Gasteiger partial charge on any atom is -0.195 e. The average molecular weight is 224 g/mol. The summed E-state index contributed by atoms with van der Waals surface area (Å²) in [5.41, 5.74) is 0.719. The largest absolute Gasteiger partial charge is 0.195 e. The Bertz CT molecular complexity index is 351. The van der Waals surface area contributed by atoms with E-state index in [1.165, 1.54) is 28.8 Å². The van der Waals surface area contributed by atoms with Gasteiger partial charge in [0.15, 0.2) is 11.8 Å². The molecule has 0 aliphatic carbocycles. The van der Waals surface area contributed by atoms with Crippen LogP contribution in [0.4, 0.5) is 4.39 Å². The second-order valence-corrected chi connectivity index (χ2v) is 7.08. The minimum atomic E-state index is -0.0486. The van der Waals surface area contributed by atoms with Crippen molar-refractivity contribution in [3.8, 4) is 0 Å². The Labute approximate surface area is 96.0 Å². The molecule has 2 heterocycles. The lowest BCUT2D eigenvalue weighted by atomic mass is 9.45. The first-order valence-electron chi connectivity index (χ1n) is 5.57. The zero-order valence-electron chi connectivity index (χ0n) is 9.93. The molecular weight excluding hydrogens is 206 g/mol. The highest BCUT2D eigenvalue weighted by molar-refractivity contribution is 7.22. The molecule has 1 aliphatic heterocycles. The summed E-state index contributed by atoms with van der Waals surface area (Å²) < 4.78 is 14.2. The summed E-state index contributed by atoms with van der Waals surface area (Å²) in [4.78, 5) is 0. The van der Waals surface area contributed by atoms with E-state index in [4.69, 9.17) is 0 Å². The summed E-state index contributed by atoms with van der Waals surface area (Å²) in [7, 11) is 0. The van der Waals surface area contributed by atoms with Crippen molar-refractivity contribution < 1.29 is 4.39 Å². The summed E-state index contributed by atoms with van der Waals surface area (Å²) in [6.07, 6.45) is 2.36. The maximum absolute atomic E-state index is 13.0. The second-order valence-electron chi connectivity index (χ2n) is 6.01. The molecule has 0 spiro atoms. The van der Waals surface area contributed by atoms with Crippen molar-refractivity contribution in [2.24, 2.45) is 10.8 Å². The first kappa shape index (κ1) is 11.2. The molecule has 15 heavy (non-hydrogen) atoms. The molecule has 0 radical (unpaired) electrons. The van der Waals surface area contributed by atoms with Gasteiger partial charge in [0.25, 0.3) is 0 Å². The van der Waals surface area contributed by atoms with Gasteiger partial charge in [-0.3, -0.25) is 0 Å². The van der Waals surface area contributed by atoms with Crippen molar-refractivity contribution in [1.82, 2.24) is 0 Å². The third kappa shape index (κ3) is 1.86. The maximum atomic E-state index is 13.0. The molecule has 1 aliphatic rings. The molecule has 0 amide bonds. The van der Waals surface area contributed by atoms with Crippen LogP contribution < -0.4 is 4.78 Å². The Kier molecular flexibility index (Phi) is 2.49. The van der Waals surface area contributed by atoms with Gasteiger partial charge in [-0.2, -0.15) is 4.39 Å². The van der Waals surface area contributed by atoms with Gasteiger partial charge >= 0.3 is 0 Å². The molecule has 2 rings (SSSR count). The molecule has 1 aromatic rings. The number of thiophene rings is 1. The molecule has 82 valence electrons. The van der Waals surface area contributed by atoms with E-state index in [0.29, 0.717) is 17.5 Å². The van der Waals surface area contributed by atoms with Crippen LogP contribution in [0.15, 0.2) is 12.1 Å². The lowest BCUT2D eigenvalue weighted by Gasteiger charge is -2.35. The van der Waals surface area contributed by atoms with Crippen molar-refractivity contribution in [3.63, 3.8) is 0 Å². The van der Waals surface area contributed by atoms with E-state index in [-0.39, 0.29) is 5.13 Å². The minimum absolute atomic E-state index is 0.0486. The topological polar surface area (TPSA) is 0 Å². The Morgan fingerprint density at radius 2 is 1.67 bits per heavy atom. The Morgan fingerprint density at radius 1 is 1.13 bits per heavy atom. The monoisotopic (exact) mass is 224 g/mol. The number of hydrogen-bond acceptors (Lipinski definition) is 1. The number of hydrogen-bond donors (Lipinski definition) is 0. The number of rotatable bonds is 1. The third-order valence-corrected chi connectivity index (χ3v) is 5.38. The molecule has 1 saturated heterocycles. The van der Waals surface area contributed by atoms with Crippen LogP contribution in [-0.4, -0.2) is 6.71 Å². The highest BCUT2D eigenvalue weighted by Crippen LogP contribution is 2.52. The van der Waals surface area contributed by atoms with Gasteiger partial charge in [0.2, 0.25) is 0 Å². The van der Waals surface area contributed by atoms with Crippen LogP contribution in [-0.2, 0) is 0 Å². The van der Waals surface area contributed by atoms with Crippen LogP contribution in [0.25, 0.3) is 0 Å². The van der Waals surface area contributed by atoms with Crippen LogP contribution in [0.5, 0.6) is 0 Å². The van der Waals surface area contributed by atoms with Crippen molar-refractivity contribution in [2.45, 2.75) is 40.3 Å². The fraction of sp³-hybridized carbons (Fsp3) is 0.667. The van der Waals surface area contributed by atoms with Crippen molar-refractivity contribution in [2.75, 3.05) is 0 Å². The van der Waals surface area contributed by atoms with E-state index in [1.54, 1.807) is 6.07 Å². The van der Waals surface area contributed by atoms with Gasteiger partial charge in [0.05, 0.1) is 0 Å². The first-order chi connectivity index (χ1) is 6.82. The van der Waals surface area contributed by atoms with Gasteiger partial charge in [-0.15, -0.1) is 11.3 Å². The van der Waals surface area contributed by atoms with Crippen molar-refractivity contribution >= 4 is 22.8 Å². The van der Waals surface area contributed by atoms with Gasteiger partial charge in [-0.25, -0.2) is 0 Å². The van der Waals surface area contributed by atoms with E-state index in [2.05, 4.69) is 27.7 Å². The van der Waals surface area contributed by atoms with Gasteiger partial charge in [-0.1, -0.05) is 46.4 Å². The van der Waals surface area contributed by atoms with Crippen LogP contribution in [0, 0.1) is 16.0 Å². The van der Waals surface area contributed by atoms with E-state index >= 15 is 0 Å². The quantitative estimate of drug-likeness (QED) is 0.638. The second kappa shape index (κ2) is 3.34. The highest BCUT2D eigenvalue weighted by atomic mass is 32.1. The zero-order valence-corrected chi connectivity index (χ0v) is 10.7. The fourth-order valence-corrected chi connectivity index (χ4v) is 3.44. The normalized spacial score (nSPS) is 23.4. The summed E-state index contributed by atoms with van der Waals surface area (Å²) >= 11 is 1.32. The summed E-state index contributed by atoms with van der Waals surface area (Å²) in [6, 6.07) is 3.56. The van der Waals surface area contributed by atoms with Crippen LogP contribution >= 0.6 is 11.3 Å². The molecule has 1 fully saturated rings. The summed E-state index contributed by atoms with van der Waals surface area (Å²) in [5, 5.41) is -0.0486. The van der Waals surface area contributed by atoms with Crippen LogP contribution in [0.2, 0.25) is 12.6 Å². The average Bonchev–Trinajstić information content (AvgIpc) is 2.56. The predicted molar refractivity (Wildman–Crippen MR) is 66.8 cm³/mol. The molecule has 0 atom stereocenters. The molecule has 0 aromatic carbocycles. The maximum Gasteiger partial charge on any atom is 0.190 e. The molecule has 1 aromatic heterocycles. The van der Waals surface area contributed by atoms with E-state index < -0.39 is 0 Å². The predicted octanol–water partition coefficient (Wildman–Crippen LogP) is 3.66. The third-order valence-electron chi connectivity index (χ3n) is 4.34. The van der Waals surface area contributed by atoms with Crippen molar-refractivity contribution in [3.05, 3.63) is 17.3 Å². The smallest absolute Gasteiger partial charge is 0.190 e. The summed E-state index contributed by atoms with van der Waals surface area (Å²) in [6.45, 7) is 9.88. The molecule has 0 saturated carbocycles. The van der Waals surface area contributed by atoms with Gasteiger partial charge < -0.3 is 0 Å². The fourth-order valence-electron chi connectivity index (χ4n) is 2.61. The number of halogens is 1. The van der Waals surface area contributed by atoms with Gasteiger partial charge in [0, 0.05) is 0 Å². The molecule has 3 heteroatoms. The molecule has 0 N–H and O–H groups in total. The highest BCUT2D eigenvalue weighted by Gasteiger charge is 2.48. The Hall–Kier alpha value is -0.305. The van der Waals surface area contributed by atoms with E-state index in [1.807, 2.05) is 6.07 Å². The van der Waals surface area contributed by atoms with E-state index in [9.17, 15) is 4.39 Å². The molecular formula is C12H18BFS. The van der Waals surface area contributed by atoms with Gasteiger partial charge in [0.1, 0.15) is 0 Å². The first-order valence-corrected chi connectivity index (χ1v) is 6.39. The lowest BCUT2D eigenvalue weighted by molar-refractivity contribution is 0.177. The van der Waals surface area contributed by atoms with Crippen LogP contribution in [0.3, 0.4) is 0 Å². The SMILES string of the molecule is CC1(C)CB(c2ccc(F)s2)CC1(C)C. The lowest BCUT2D eigenvalue weighted by Crippen LogP contribution is -2.24. The molecule has 0 bridgehead atoms. The zero-order chi connectivity index (χ0) is 11.3. The molecule has 0 nitrogen and oxygen atoms in total. The molecule has 0 unspecified atom stereocenters. The van der Waals surface area contributed by atoms with Crippen molar-refractivity contribution in [1.29, 1.82) is 0 Å². The Balaban J connectivity index is 2.23. The standard InChI is InChI=1S/C12H18BFS/c1-11(2)7-13(8-12(11,3)4)9-5-6-10(14)15-9/h5-6H,7-8H2,1-4H3. The van der Waals surface area contributed by atoms with Gasteiger partial charge in [-0.05, 0) is 21.7 Å². The van der Waals surface area contributed by atoms with E-state index in [0.717, 1.165) is 0 Å².